The third-order valence-electron chi connectivity index (χ3n) is 1.42. The van der Waals surface area contributed by atoms with Crippen molar-refractivity contribution in [2.24, 2.45) is 5.73 Å². The van der Waals surface area contributed by atoms with Gasteiger partial charge in [-0.3, -0.25) is 0 Å². The van der Waals surface area contributed by atoms with Crippen LogP contribution in [0, 0.1) is 0 Å². The second-order valence-corrected chi connectivity index (χ2v) is 3.94. The number of rotatable bonds is 4. The quantitative estimate of drug-likeness (QED) is 0.565. The minimum Gasteiger partial charge on any atom is -0.330 e. The third-order valence-corrected chi connectivity index (χ3v) is 2.48. The zero-order chi connectivity index (χ0) is 8.81. The van der Waals surface area contributed by atoms with Crippen LogP contribution in [0.4, 0.5) is 0 Å². The molecular weight excluding hydrogens is 170 g/mol. The summed E-state index contributed by atoms with van der Waals surface area (Å²) in [7, 11) is 0. The number of aromatic nitrogens is 2. The Morgan fingerprint density at radius 1 is 1.50 bits per heavy atom. The molecule has 0 aromatic carbocycles. The summed E-state index contributed by atoms with van der Waals surface area (Å²) in [5.41, 5.74) is 5.43. The van der Waals surface area contributed by atoms with E-state index in [9.17, 15) is 0 Å². The molecule has 1 rings (SSSR count). The second-order valence-electron chi connectivity index (χ2n) is 2.54. The zero-order valence-corrected chi connectivity index (χ0v) is 7.92. The molecule has 1 aromatic rings. The number of nitrogens with two attached hydrogens (primary N) is 1. The standard InChI is InChI=1S/C8H13N3S/c1-7(3-4-9)12-8-10-5-2-6-11-8/h2,5-7H,3-4,9H2,1H3. The second kappa shape index (κ2) is 5.11. The Labute approximate surface area is 76.8 Å². The number of hydrogen-bond acceptors (Lipinski definition) is 4. The fourth-order valence-electron chi connectivity index (χ4n) is 0.820. The SMILES string of the molecule is CC(CCN)Sc1ncccn1. The fraction of sp³-hybridized carbons (Fsp3) is 0.500. The molecular formula is C8H13N3S. The normalized spacial score (nSPS) is 12.8. The Kier molecular flexibility index (Phi) is 4.04. The van der Waals surface area contributed by atoms with Crippen LogP contribution in [0.2, 0.25) is 0 Å². The molecule has 1 atom stereocenters. The van der Waals surface area contributed by atoms with Crippen LogP contribution in [0.5, 0.6) is 0 Å². The highest BCUT2D eigenvalue weighted by Crippen LogP contribution is 2.19. The molecule has 0 spiro atoms. The van der Waals surface area contributed by atoms with E-state index in [1.807, 2.05) is 6.07 Å². The van der Waals surface area contributed by atoms with Crippen LogP contribution in [-0.4, -0.2) is 21.8 Å². The van der Waals surface area contributed by atoms with Crippen LogP contribution in [0.15, 0.2) is 23.6 Å². The van der Waals surface area contributed by atoms with Crippen molar-refractivity contribution in [3.05, 3.63) is 18.5 Å². The zero-order valence-electron chi connectivity index (χ0n) is 7.10. The van der Waals surface area contributed by atoms with Gasteiger partial charge in [0.05, 0.1) is 0 Å². The van der Waals surface area contributed by atoms with E-state index in [-0.39, 0.29) is 0 Å². The van der Waals surface area contributed by atoms with Gasteiger partial charge in [0, 0.05) is 17.6 Å². The highest BCUT2D eigenvalue weighted by atomic mass is 32.2. The predicted octanol–water partition coefficient (Wildman–Crippen LogP) is 1.31. The van der Waals surface area contributed by atoms with E-state index in [1.54, 1.807) is 24.2 Å². The average molecular weight is 183 g/mol. The summed E-state index contributed by atoms with van der Waals surface area (Å²) in [4.78, 5) is 8.22. The van der Waals surface area contributed by atoms with E-state index in [1.165, 1.54) is 0 Å². The summed E-state index contributed by atoms with van der Waals surface area (Å²) in [6, 6.07) is 1.82. The van der Waals surface area contributed by atoms with Crippen molar-refractivity contribution in [3.63, 3.8) is 0 Å². The fourth-order valence-corrected chi connectivity index (χ4v) is 1.68. The van der Waals surface area contributed by atoms with Crippen molar-refractivity contribution >= 4 is 11.8 Å². The van der Waals surface area contributed by atoms with Crippen LogP contribution >= 0.6 is 11.8 Å². The maximum Gasteiger partial charge on any atom is 0.187 e. The van der Waals surface area contributed by atoms with Gasteiger partial charge in [0.1, 0.15) is 0 Å². The minimum atomic E-state index is 0.498. The van der Waals surface area contributed by atoms with Crippen LogP contribution in [0.3, 0.4) is 0 Å². The summed E-state index contributed by atoms with van der Waals surface area (Å²) in [5, 5.41) is 1.33. The summed E-state index contributed by atoms with van der Waals surface area (Å²) in [6.45, 7) is 2.86. The third kappa shape index (κ3) is 3.19. The van der Waals surface area contributed by atoms with Gasteiger partial charge in [-0.25, -0.2) is 9.97 Å². The first-order valence-electron chi connectivity index (χ1n) is 3.96. The monoisotopic (exact) mass is 183 g/mol. The van der Waals surface area contributed by atoms with Crippen LogP contribution in [-0.2, 0) is 0 Å². The molecule has 0 aliphatic rings. The molecule has 4 heteroatoms. The van der Waals surface area contributed by atoms with Crippen molar-refractivity contribution in [2.45, 2.75) is 23.8 Å². The molecule has 66 valence electrons. The molecule has 1 unspecified atom stereocenters. The molecule has 0 radical (unpaired) electrons. The summed E-state index contributed by atoms with van der Waals surface area (Å²) >= 11 is 1.67. The lowest BCUT2D eigenvalue weighted by Gasteiger charge is -2.06. The maximum absolute atomic E-state index is 5.43. The molecule has 3 nitrogen and oxygen atoms in total. The van der Waals surface area contributed by atoms with Gasteiger partial charge in [0.25, 0.3) is 0 Å². The van der Waals surface area contributed by atoms with Crippen molar-refractivity contribution in [1.29, 1.82) is 0 Å². The van der Waals surface area contributed by atoms with Gasteiger partial charge in [-0.2, -0.15) is 0 Å². The van der Waals surface area contributed by atoms with Crippen LogP contribution in [0.25, 0.3) is 0 Å². The Balaban J connectivity index is 2.41. The van der Waals surface area contributed by atoms with Gasteiger partial charge in [0.15, 0.2) is 5.16 Å². The number of hydrogen-bond donors (Lipinski definition) is 1. The summed E-state index contributed by atoms with van der Waals surface area (Å²) < 4.78 is 0. The molecule has 0 amide bonds. The van der Waals surface area contributed by atoms with Crippen molar-refractivity contribution in [1.82, 2.24) is 9.97 Å². The molecule has 0 aliphatic heterocycles. The van der Waals surface area contributed by atoms with E-state index in [4.69, 9.17) is 5.73 Å². The molecule has 0 aliphatic carbocycles. The van der Waals surface area contributed by atoms with E-state index in [2.05, 4.69) is 16.9 Å². The van der Waals surface area contributed by atoms with Gasteiger partial charge < -0.3 is 5.73 Å². The molecule has 1 aromatic heterocycles. The summed E-state index contributed by atoms with van der Waals surface area (Å²) in [6.07, 6.45) is 4.51. The van der Waals surface area contributed by atoms with E-state index in [0.29, 0.717) is 5.25 Å². The van der Waals surface area contributed by atoms with E-state index < -0.39 is 0 Å². The number of thioether (sulfide) groups is 1. The predicted molar refractivity (Wildman–Crippen MR) is 51.0 cm³/mol. The molecule has 0 bridgehead atoms. The largest absolute Gasteiger partial charge is 0.330 e. The smallest absolute Gasteiger partial charge is 0.187 e. The van der Waals surface area contributed by atoms with Gasteiger partial charge in [-0.05, 0) is 19.0 Å². The molecule has 0 saturated heterocycles. The minimum absolute atomic E-state index is 0.498. The Morgan fingerprint density at radius 3 is 2.75 bits per heavy atom. The van der Waals surface area contributed by atoms with E-state index >= 15 is 0 Å². The first-order valence-corrected chi connectivity index (χ1v) is 4.84. The lowest BCUT2D eigenvalue weighted by Crippen LogP contribution is -2.07. The Morgan fingerprint density at radius 2 is 2.17 bits per heavy atom. The first kappa shape index (κ1) is 9.48. The van der Waals surface area contributed by atoms with Gasteiger partial charge >= 0.3 is 0 Å². The van der Waals surface area contributed by atoms with Crippen molar-refractivity contribution in [2.75, 3.05) is 6.54 Å². The van der Waals surface area contributed by atoms with Gasteiger partial charge in [-0.15, -0.1) is 0 Å². The highest BCUT2D eigenvalue weighted by Gasteiger charge is 2.03. The lowest BCUT2D eigenvalue weighted by molar-refractivity contribution is 0.816. The van der Waals surface area contributed by atoms with Gasteiger partial charge in [0.2, 0.25) is 0 Å². The first-order chi connectivity index (χ1) is 5.83. The Hall–Kier alpha value is -0.610. The van der Waals surface area contributed by atoms with E-state index in [0.717, 1.165) is 18.1 Å². The maximum atomic E-state index is 5.43. The molecule has 2 N–H and O–H groups in total. The molecule has 12 heavy (non-hydrogen) atoms. The van der Waals surface area contributed by atoms with Crippen molar-refractivity contribution in [3.8, 4) is 0 Å². The summed E-state index contributed by atoms with van der Waals surface area (Å²) in [5.74, 6) is 0. The molecule has 1 heterocycles. The van der Waals surface area contributed by atoms with Gasteiger partial charge in [-0.1, -0.05) is 18.7 Å². The average Bonchev–Trinajstić information content (AvgIpc) is 2.06. The van der Waals surface area contributed by atoms with Crippen LogP contribution in [0.1, 0.15) is 13.3 Å². The molecule has 0 saturated carbocycles. The number of nitrogens with zero attached hydrogens (tertiary/aromatic N) is 2. The topological polar surface area (TPSA) is 51.8 Å². The highest BCUT2D eigenvalue weighted by molar-refractivity contribution is 7.99. The molecule has 0 fully saturated rings. The van der Waals surface area contributed by atoms with Crippen molar-refractivity contribution < 1.29 is 0 Å². The van der Waals surface area contributed by atoms with Crippen LogP contribution < -0.4 is 5.73 Å². The lowest BCUT2D eigenvalue weighted by atomic mass is 10.3. The Bertz CT molecular complexity index is 215.